The number of ether oxygens (including phenoxy) is 2. The van der Waals surface area contributed by atoms with Gasteiger partial charge in [-0.2, -0.15) is 0 Å². The Kier molecular flexibility index (Phi) is 5.45. The Hall–Kier alpha value is -1.02. The van der Waals surface area contributed by atoms with Gasteiger partial charge in [0.1, 0.15) is 0 Å². The molecule has 2 aliphatic rings. The van der Waals surface area contributed by atoms with Crippen molar-refractivity contribution >= 4 is 22.4 Å². The van der Waals surface area contributed by atoms with E-state index in [0.717, 1.165) is 25.7 Å². The van der Waals surface area contributed by atoms with Gasteiger partial charge in [0.25, 0.3) is 0 Å². The molecule has 1 aromatic carbocycles. The largest absolute Gasteiger partial charge is 0.454 e. The molecule has 6 nitrogen and oxygen atoms in total. The van der Waals surface area contributed by atoms with Gasteiger partial charge in [-0.05, 0) is 30.9 Å². The van der Waals surface area contributed by atoms with Gasteiger partial charge in [-0.15, -0.1) is 12.4 Å². The van der Waals surface area contributed by atoms with Crippen molar-refractivity contribution in [1.29, 1.82) is 0 Å². The Morgan fingerprint density at radius 2 is 2.04 bits per heavy atom. The summed E-state index contributed by atoms with van der Waals surface area (Å²) in [5, 5.41) is 0. The van der Waals surface area contributed by atoms with Crippen LogP contribution in [0.15, 0.2) is 23.1 Å². The third-order valence-electron chi connectivity index (χ3n) is 4.81. The number of sulfonamides is 1. The van der Waals surface area contributed by atoms with E-state index < -0.39 is 15.6 Å². The van der Waals surface area contributed by atoms with E-state index in [2.05, 4.69) is 11.6 Å². The van der Waals surface area contributed by atoms with Gasteiger partial charge in [0.05, 0.1) is 4.90 Å². The Balaban J connectivity index is 0.00000192. The monoisotopic (exact) mass is 362 g/mol. The second kappa shape index (κ2) is 6.84. The molecule has 1 aromatic rings. The van der Waals surface area contributed by atoms with Crippen LogP contribution in [0.5, 0.6) is 11.5 Å². The lowest BCUT2D eigenvalue weighted by Gasteiger charge is -2.42. The number of benzene rings is 1. The van der Waals surface area contributed by atoms with Crippen LogP contribution in [0.2, 0.25) is 0 Å². The standard InChI is InChI=1S/C15H22N2O4S.ClH/c1-11-4-2-3-7-15(11,9-16)17-22(18,19)12-5-6-13-14(8-12)21-10-20-13;/h5-6,8,11,17H,2-4,7,9-10,16H2,1H3;1H. The van der Waals surface area contributed by atoms with Crippen molar-refractivity contribution in [1.82, 2.24) is 4.72 Å². The number of hydrogen-bond donors (Lipinski definition) is 2. The first-order chi connectivity index (χ1) is 10.5. The molecule has 130 valence electrons. The Bertz CT molecular complexity index is 667. The normalized spacial score (nSPS) is 26.6. The molecule has 1 saturated carbocycles. The van der Waals surface area contributed by atoms with Crippen LogP contribution in [-0.4, -0.2) is 27.3 Å². The number of fused-ring (bicyclic) bond motifs is 1. The molecule has 8 heteroatoms. The zero-order valence-corrected chi connectivity index (χ0v) is 14.7. The number of nitrogens with two attached hydrogens (primary N) is 1. The molecule has 3 rings (SSSR count). The minimum absolute atomic E-state index is 0. The summed E-state index contributed by atoms with van der Waals surface area (Å²) in [7, 11) is -3.65. The van der Waals surface area contributed by atoms with E-state index in [1.54, 1.807) is 6.07 Å². The average Bonchev–Trinajstić information content (AvgIpc) is 2.97. The van der Waals surface area contributed by atoms with E-state index in [4.69, 9.17) is 15.2 Å². The average molecular weight is 363 g/mol. The maximum atomic E-state index is 12.7. The molecule has 1 fully saturated rings. The summed E-state index contributed by atoms with van der Waals surface area (Å²) in [6.45, 7) is 2.49. The van der Waals surface area contributed by atoms with Crippen LogP contribution in [0.3, 0.4) is 0 Å². The number of hydrogen-bond acceptors (Lipinski definition) is 5. The van der Waals surface area contributed by atoms with Crippen LogP contribution >= 0.6 is 12.4 Å². The fraction of sp³-hybridized carbons (Fsp3) is 0.600. The lowest BCUT2D eigenvalue weighted by molar-refractivity contribution is 0.174. The van der Waals surface area contributed by atoms with Crippen LogP contribution in [0, 0.1) is 5.92 Å². The van der Waals surface area contributed by atoms with E-state index in [0.29, 0.717) is 18.0 Å². The van der Waals surface area contributed by atoms with Crippen molar-refractivity contribution in [3.63, 3.8) is 0 Å². The molecule has 23 heavy (non-hydrogen) atoms. The van der Waals surface area contributed by atoms with Gasteiger partial charge in [0.15, 0.2) is 11.5 Å². The Morgan fingerprint density at radius 3 is 2.74 bits per heavy atom. The number of rotatable bonds is 4. The third kappa shape index (κ3) is 3.42. The van der Waals surface area contributed by atoms with Crippen LogP contribution in [-0.2, 0) is 10.0 Å². The fourth-order valence-corrected chi connectivity index (χ4v) is 4.83. The molecular formula is C15H23ClN2O4S. The van der Waals surface area contributed by atoms with Crippen LogP contribution in [0.1, 0.15) is 32.6 Å². The second-order valence-electron chi connectivity index (χ2n) is 6.13. The molecule has 0 amide bonds. The highest BCUT2D eigenvalue weighted by Gasteiger charge is 2.40. The summed E-state index contributed by atoms with van der Waals surface area (Å²) in [6, 6.07) is 4.66. The topological polar surface area (TPSA) is 90.7 Å². The SMILES string of the molecule is CC1CCCCC1(CN)NS(=O)(=O)c1ccc2c(c1)OCO2.Cl. The van der Waals surface area contributed by atoms with Crippen molar-refractivity contribution in [2.45, 2.75) is 43.0 Å². The highest BCUT2D eigenvalue weighted by atomic mass is 35.5. The molecule has 0 aromatic heterocycles. The minimum atomic E-state index is -3.65. The molecule has 2 unspecified atom stereocenters. The summed E-state index contributed by atoms with van der Waals surface area (Å²) < 4.78 is 38.8. The fourth-order valence-electron chi connectivity index (χ4n) is 3.28. The molecule has 3 N–H and O–H groups in total. The first-order valence-corrected chi connectivity index (χ1v) is 9.09. The molecule has 0 spiro atoms. The predicted octanol–water partition coefficient (Wildman–Crippen LogP) is 2.02. The predicted molar refractivity (Wildman–Crippen MR) is 89.6 cm³/mol. The van der Waals surface area contributed by atoms with Gasteiger partial charge in [-0.1, -0.05) is 19.8 Å². The molecule has 1 aliphatic heterocycles. The summed E-state index contributed by atoms with van der Waals surface area (Å²) in [5.74, 6) is 1.25. The Morgan fingerprint density at radius 1 is 1.30 bits per heavy atom. The first-order valence-electron chi connectivity index (χ1n) is 7.60. The van der Waals surface area contributed by atoms with E-state index in [1.807, 2.05) is 0 Å². The quantitative estimate of drug-likeness (QED) is 0.855. The maximum absolute atomic E-state index is 12.7. The van der Waals surface area contributed by atoms with Gasteiger partial charge in [0.2, 0.25) is 16.8 Å². The molecule has 1 heterocycles. The van der Waals surface area contributed by atoms with Crippen LogP contribution < -0.4 is 19.9 Å². The second-order valence-corrected chi connectivity index (χ2v) is 7.81. The van der Waals surface area contributed by atoms with Crippen molar-refractivity contribution in [3.8, 4) is 11.5 Å². The van der Waals surface area contributed by atoms with Crippen molar-refractivity contribution in [3.05, 3.63) is 18.2 Å². The molecule has 0 bridgehead atoms. The highest BCUT2D eigenvalue weighted by Crippen LogP contribution is 2.36. The smallest absolute Gasteiger partial charge is 0.241 e. The maximum Gasteiger partial charge on any atom is 0.241 e. The lowest BCUT2D eigenvalue weighted by atomic mass is 9.74. The molecule has 0 saturated heterocycles. The van der Waals surface area contributed by atoms with Crippen molar-refractivity contribution in [2.24, 2.45) is 11.7 Å². The summed E-state index contributed by atoms with van der Waals surface area (Å²) in [5.41, 5.74) is 5.37. The number of halogens is 1. The van der Waals surface area contributed by atoms with Crippen molar-refractivity contribution < 1.29 is 17.9 Å². The summed E-state index contributed by atoms with van der Waals surface area (Å²) >= 11 is 0. The van der Waals surface area contributed by atoms with E-state index >= 15 is 0 Å². The van der Waals surface area contributed by atoms with Gasteiger partial charge in [0, 0.05) is 18.2 Å². The summed E-state index contributed by atoms with van der Waals surface area (Å²) in [6.07, 6.45) is 3.87. The van der Waals surface area contributed by atoms with Gasteiger partial charge < -0.3 is 15.2 Å². The van der Waals surface area contributed by atoms with Gasteiger partial charge >= 0.3 is 0 Å². The zero-order valence-electron chi connectivity index (χ0n) is 13.1. The zero-order chi connectivity index (χ0) is 15.8. The Labute approximate surface area is 143 Å². The van der Waals surface area contributed by atoms with Crippen molar-refractivity contribution in [2.75, 3.05) is 13.3 Å². The molecule has 1 aliphatic carbocycles. The van der Waals surface area contributed by atoms with E-state index in [9.17, 15) is 8.42 Å². The first kappa shape index (κ1) is 18.3. The van der Waals surface area contributed by atoms with Crippen LogP contribution in [0.4, 0.5) is 0 Å². The molecule has 0 radical (unpaired) electrons. The molecule has 2 atom stereocenters. The van der Waals surface area contributed by atoms with Gasteiger partial charge in [-0.3, -0.25) is 0 Å². The minimum Gasteiger partial charge on any atom is -0.454 e. The number of nitrogens with one attached hydrogen (secondary N) is 1. The van der Waals surface area contributed by atoms with Gasteiger partial charge in [-0.25, -0.2) is 13.1 Å². The summed E-state index contributed by atoms with van der Waals surface area (Å²) in [4.78, 5) is 0.183. The van der Waals surface area contributed by atoms with E-state index in [1.165, 1.54) is 12.1 Å². The third-order valence-corrected chi connectivity index (χ3v) is 6.36. The van der Waals surface area contributed by atoms with Crippen LogP contribution in [0.25, 0.3) is 0 Å². The lowest BCUT2D eigenvalue weighted by Crippen LogP contribution is -2.58. The highest BCUT2D eigenvalue weighted by molar-refractivity contribution is 7.89. The molecular weight excluding hydrogens is 340 g/mol. The van der Waals surface area contributed by atoms with E-state index in [-0.39, 0.29) is 30.0 Å².